The van der Waals surface area contributed by atoms with Crippen LogP contribution in [0.15, 0.2) is 54.6 Å². The smallest absolute Gasteiger partial charge is 0.255 e. The summed E-state index contributed by atoms with van der Waals surface area (Å²) < 4.78 is 1.92. The van der Waals surface area contributed by atoms with E-state index in [0.29, 0.717) is 5.56 Å². The third-order valence-electron chi connectivity index (χ3n) is 4.29. The summed E-state index contributed by atoms with van der Waals surface area (Å²) in [5.41, 5.74) is 6.17. The fourth-order valence-electron chi connectivity index (χ4n) is 2.78. The summed E-state index contributed by atoms with van der Waals surface area (Å²) in [6.45, 7) is 4.13. The van der Waals surface area contributed by atoms with Gasteiger partial charge in [0.05, 0.1) is 5.69 Å². The second-order valence-electron chi connectivity index (χ2n) is 5.97. The maximum absolute atomic E-state index is 12.2. The molecule has 0 fully saturated rings. The van der Waals surface area contributed by atoms with E-state index in [-0.39, 0.29) is 5.91 Å². The predicted molar refractivity (Wildman–Crippen MR) is 96.3 cm³/mol. The summed E-state index contributed by atoms with van der Waals surface area (Å²) in [5, 5.41) is 7.38. The van der Waals surface area contributed by atoms with Gasteiger partial charge in [0.1, 0.15) is 0 Å². The molecule has 0 bridgehead atoms. The highest BCUT2D eigenvalue weighted by atomic mass is 16.1. The lowest BCUT2D eigenvalue weighted by Crippen LogP contribution is -2.11. The molecule has 0 aliphatic carbocycles. The first kappa shape index (κ1) is 16.0. The maximum Gasteiger partial charge on any atom is 0.255 e. The van der Waals surface area contributed by atoms with Crippen molar-refractivity contribution in [3.05, 3.63) is 82.7 Å². The quantitative estimate of drug-likeness (QED) is 0.793. The highest BCUT2D eigenvalue weighted by Gasteiger charge is 2.10. The second kappa shape index (κ2) is 6.71. The zero-order valence-corrected chi connectivity index (χ0v) is 14.2. The number of rotatable bonds is 4. The molecule has 4 heteroatoms. The fourth-order valence-corrected chi connectivity index (χ4v) is 2.78. The summed E-state index contributed by atoms with van der Waals surface area (Å²) in [6.07, 6.45) is 0.846. The molecule has 0 saturated heterocycles. The topological polar surface area (TPSA) is 46.9 Å². The molecule has 2 aromatic carbocycles. The first-order chi connectivity index (χ1) is 11.5. The van der Waals surface area contributed by atoms with Gasteiger partial charge >= 0.3 is 0 Å². The molecule has 0 radical (unpaired) electrons. The number of anilines is 1. The Labute approximate surface area is 142 Å². The number of hydrogen-bond donors (Lipinski definition) is 1. The molecule has 1 amide bonds. The summed E-state index contributed by atoms with van der Waals surface area (Å²) in [4.78, 5) is 12.2. The van der Waals surface area contributed by atoms with E-state index >= 15 is 0 Å². The lowest BCUT2D eigenvalue weighted by molar-refractivity contribution is 0.102. The molecule has 0 aliphatic rings. The number of aryl methyl sites for hydroxylation is 2. The van der Waals surface area contributed by atoms with Crippen LogP contribution in [0.2, 0.25) is 0 Å². The molecule has 1 aromatic heterocycles. The van der Waals surface area contributed by atoms with E-state index in [9.17, 15) is 4.79 Å². The van der Waals surface area contributed by atoms with Crippen LogP contribution in [0.4, 0.5) is 5.69 Å². The number of nitrogens with zero attached hydrogens (tertiary/aromatic N) is 2. The fraction of sp³-hybridized carbons (Fsp3) is 0.200. The first-order valence-corrected chi connectivity index (χ1v) is 7.99. The van der Waals surface area contributed by atoms with Gasteiger partial charge in [-0.1, -0.05) is 30.3 Å². The molecule has 4 nitrogen and oxygen atoms in total. The van der Waals surface area contributed by atoms with Gasteiger partial charge in [0.25, 0.3) is 5.91 Å². The minimum Gasteiger partial charge on any atom is -0.322 e. The van der Waals surface area contributed by atoms with Gasteiger partial charge in [-0.2, -0.15) is 5.10 Å². The Kier molecular flexibility index (Phi) is 4.47. The van der Waals surface area contributed by atoms with Gasteiger partial charge in [-0.25, -0.2) is 0 Å². The second-order valence-corrected chi connectivity index (χ2v) is 5.97. The lowest BCUT2D eigenvalue weighted by Gasteiger charge is -2.07. The Hall–Kier alpha value is -2.88. The van der Waals surface area contributed by atoms with Gasteiger partial charge in [-0.3, -0.25) is 9.48 Å². The highest BCUT2D eigenvalue weighted by molar-refractivity contribution is 6.04. The van der Waals surface area contributed by atoms with Crippen molar-refractivity contribution in [3.8, 4) is 0 Å². The summed E-state index contributed by atoms with van der Waals surface area (Å²) in [6, 6.07) is 17.2. The molecule has 0 spiro atoms. The molecule has 24 heavy (non-hydrogen) atoms. The van der Waals surface area contributed by atoms with Crippen LogP contribution < -0.4 is 5.32 Å². The van der Waals surface area contributed by atoms with Crippen molar-refractivity contribution in [2.45, 2.75) is 20.3 Å². The highest BCUT2D eigenvalue weighted by Crippen LogP contribution is 2.19. The normalized spacial score (nSPS) is 10.6. The minimum absolute atomic E-state index is 0.0951. The molecule has 0 aliphatic heterocycles. The maximum atomic E-state index is 12.2. The van der Waals surface area contributed by atoms with E-state index < -0.39 is 0 Å². The summed E-state index contributed by atoms with van der Waals surface area (Å²) in [5.74, 6) is -0.0951. The Morgan fingerprint density at radius 1 is 1.04 bits per heavy atom. The monoisotopic (exact) mass is 319 g/mol. The minimum atomic E-state index is -0.0951. The van der Waals surface area contributed by atoms with Gasteiger partial charge < -0.3 is 5.32 Å². The van der Waals surface area contributed by atoms with Crippen LogP contribution in [0.1, 0.15) is 32.9 Å². The van der Waals surface area contributed by atoms with E-state index in [2.05, 4.69) is 17.3 Å². The van der Waals surface area contributed by atoms with Gasteiger partial charge in [0.15, 0.2) is 0 Å². The standard InChI is InChI=1S/C20H21N3O/c1-14-19(15(2)23(3)22-14)13-16-9-11-18(12-10-16)21-20(24)17-7-5-4-6-8-17/h4-12H,13H2,1-3H3,(H,21,24). The number of aromatic nitrogens is 2. The average molecular weight is 319 g/mol. The van der Waals surface area contributed by atoms with Crippen molar-refractivity contribution < 1.29 is 4.79 Å². The number of amides is 1. The van der Waals surface area contributed by atoms with Crippen molar-refractivity contribution in [1.82, 2.24) is 9.78 Å². The van der Waals surface area contributed by atoms with Crippen molar-refractivity contribution in [2.75, 3.05) is 5.32 Å². The van der Waals surface area contributed by atoms with Crippen molar-refractivity contribution >= 4 is 11.6 Å². The van der Waals surface area contributed by atoms with Crippen LogP contribution in [0.25, 0.3) is 0 Å². The largest absolute Gasteiger partial charge is 0.322 e. The van der Waals surface area contributed by atoms with Crippen LogP contribution in [0, 0.1) is 13.8 Å². The number of carbonyl (C=O) groups is 1. The molecule has 122 valence electrons. The molecule has 0 saturated carbocycles. The van der Waals surface area contributed by atoms with E-state index in [4.69, 9.17) is 0 Å². The van der Waals surface area contributed by atoms with Crippen molar-refractivity contribution in [3.63, 3.8) is 0 Å². The molecule has 1 N–H and O–H groups in total. The van der Waals surface area contributed by atoms with Crippen LogP contribution in [-0.4, -0.2) is 15.7 Å². The zero-order chi connectivity index (χ0) is 17.1. The molecule has 1 heterocycles. The average Bonchev–Trinajstić information content (AvgIpc) is 2.83. The van der Waals surface area contributed by atoms with Crippen LogP contribution in [-0.2, 0) is 13.5 Å². The number of hydrogen-bond acceptors (Lipinski definition) is 2. The molecular formula is C20H21N3O. The van der Waals surface area contributed by atoms with E-state index in [1.54, 1.807) is 12.1 Å². The predicted octanol–water partition coefficient (Wildman–Crippen LogP) is 3.88. The molecule has 0 atom stereocenters. The molecular weight excluding hydrogens is 298 g/mol. The van der Waals surface area contributed by atoms with E-state index in [0.717, 1.165) is 17.8 Å². The number of carbonyl (C=O) groups excluding carboxylic acids is 1. The molecule has 0 unspecified atom stereocenters. The van der Waals surface area contributed by atoms with E-state index in [1.165, 1.54) is 16.8 Å². The third-order valence-corrected chi connectivity index (χ3v) is 4.29. The van der Waals surface area contributed by atoms with Gasteiger partial charge in [0.2, 0.25) is 0 Å². The van der Waals surface area contributed by atoms with Crippen LogP contribution >= 0.6 is 0 Å². The SMILES string of the molecule is Cc1nn(C)c(C)c1Cc1ccc(NC(=O)c2ccccc2)cc1. The molecule has 3 rings (SSSR count). The van der Waals surface area contributed by atoms with Crippen LogP contribution in [0.3, 0.4) is 0 Å². The lowest BCUT2D eigenvalue weighted by atomic mass is 10.0. The van der Waals surface area contributed by atoms with Gasteiger partial charge in [0, 0.05) is 36.0 Å². The number of benzene rings is 2. The Bertz CT molecular complexity index is 849. The van der Waals surface area contributed by atoms with Crippen molar-refractivity contribution in [1.29, 1.82) is 0 Å². The van der Waals surface area contributed by atoms with Crippen molar-refractivity contribution in [2.24, 2.45) is 7.05 Å². The zero-order valence-electron chi connectivity index (χ0n) is 14.2. The van der Waals surface area contributed by atoms with Gasteiger partial charge in [-0.05, 0) is 43.7 Å². The Morgan fingerprint density at radius 2 is 1.71 bits per heavy atom. The summed E-state index contributed by atoms with van der Waals surface area (Å²) in [7, 11) is 1.97. The third kappa shape index (κ3) is 3.38. The Morgan fingerprint density at radius 3 is 2.29 bits per heavy atom. The molecule has 3 aromatic rings. The van der Waals surface area contributed by atoms with E-state index in [1.807, 2.05) is 61.1 Å². The first-order valence-electron chi connectivity index (χ1n) is 7.99. The summed E-state index contributed by atoms with van der Waals surface area (Å²) >= 11 is 0. The van der Waals surface area contributed by atoms with Gasteiger partial charge in [-0.15, -0.1) is 0 Å². The Balaban J connectivity index is 1.70. The number of nitrogens with one attached hydrogen (secondary N) is 1. The van der Waals surface area contributed by atoms with Crippen LogP contribution in [0.5, 0.6) is 0 Å².